The van der Waals surface area contributed by atoms with Crippen molar-refractivity contribution in [2.45, 2.75) is 38.6 Å². The minimum atomic E-state index is 0.534. The van der Waals surface area contributed by atoms with Gasteiger partial charge in [-0.25, -0.2) is 0 Å². The fraction of sp³-hybridized carbons (Fsp3) is 0.667. The predicted molar refractivity (Wildman–Crippen MR) is 112 cm³/mol. The van der Waals surface area contributed by atoms with E-state index in [0.717, 1.165) is 51.5 Å². The molecule has 1 aromatic carbocycles. The smallest absolute Gasteiger partial charge is 0.191 e. The SMILES string of the molecule is CN=C(NCCCc1ccc(C(C)C)cc1)NCC1CN(C)CCN1C. The summed E-state index contributed by atoms with van der Waals surface area (Å²) in [5, 5.41) is 6.92. The number of benzene rings is 1. The largest absolute Gasteiger partial charge is 0.356 e. The Bertz CT molecular complexity index is 552. The molecule has 1 aliphatic rings. The molecule has 0 aromatic heterocycles. The quantitative estimate of drug-likeness (QED) is 0.445. The van der Waals surface area contributed by atoms with Crippen LogP contribution in [0.1, 0.15) is 37.3 Å². The number of guanidine groups is 1. The van der Waals surface area contributed by atoms with Gasteiger partial charge in [0.05, 0.1) is 0 Å². The third kappa shape index (κ3) is 6.61. The van der Waals surface area contributed by atoms with Gasteiger partial charge in [0.2, 0.25) is 0 Å². The fourth-order valence-corrected chi connectivity index (χ4v) is 3.33. The summed E-state index contributed by atoms with van der Waals surface area (Å²) in [5.74, 6) is 1.50. The van der Waals surface area contributed by atoms with Gasteiger partial charge in [0, 0.05) is 45.8 Å². The van der Waals surface area contributed by atoms with Gasteiger partial charge in [0.15, 0.2) is 5.96 Å². The third-order valence-corrected chi connectivity index (χ3v) is 5.29. The van der Waals surface area contributed by atoms with E-state index in [9.17, 15) is 0 Å². The van der Waals surface area contributed by atoms with Gasteiger partial charge in [0.25, 0.3) is 0 Å². The van der Waals surface area contributed by atoms with E-state index in [4.69, 9.17) is 0 Å². The Morgan fingerprint density at radius 1 is 1.15 bits per heavy atom. The van der Waals surface area contributed by atoms with Crippen molar-refractivity contribution in [3.63, 3.8) is 0 Å². The van der Waals surface area contributed by atoms with E-state index in [1.807, 2.05) is 7.05 Å². The zero-order valence-corrected chi connectivity index (χ0v) is 17.3. The first-order valence-corrected chi connectivity index (χ1v) is 9.91. The second-order valence-electron chi connectivity index (χ2n) is 7.78. The van der Waals surface area contributed by atoms with Crippen molar-refractivity contribution < 1.29 is 0 Å². The van der Waals surface area contributed by atoms with Crippen LogP contribution in [0.3, 0.4) is 0 Å². The molecule has 0 aliphatic carbocycles. The molecule has 0 bridgehead atoms. The third-order valence-electron chi connectivity index (χ3n) is 5.29. The number of hydrogen-bond acceptors (Lipinski definition) is 3. The lowest BCUT2D eigenvalue weighted by Crippen LogP contribution is -2.55. The first-order valence-electron chi connectivity index (χ1n) is 9.91. The van der Waals surface area contributed by atoms with Gasteiger partial charge in [-0.3, -0.25) is 9.89 Å². The molecule has 1 atom stereocenters. The molecule has 2 N–H and O–H groups in total. The van der Waals surface area contributed by atoms with Crippen LogP contribution in [0.4, 0.5) is 0 Å². The molecule has 1 saturated heterocycles. The van der Waals surface area contributed by atoms with Gasteiger partial charge in [-0.2, -0.15) is 0 Å². The highest BCUT2D eigenvalue weighted by Gasteiger charge is 2.21. The topological polar surface area (TPSA) is 42.9 Å². The van der Waals surface area contributed by atoms with Crippen LogP contribution in [0.5, 0.6) is 0 Å². The van der Waals surface area contributed by atoms with Crippen molar-refractivity contribution in [2.24, 2.45) is 4.99 Å². The molecule has 0 radical (unpaired) electrons. The molecule has 1 aliphatic heterocycles. The summed E-state index contributed by atoms with van der Waals surface area (Å²) in [5.41, 5.74) is 2.82. The molecule has 0 amide bonds. The number of hydrogen-bond donors (Lipinski definition) is 2. The van der Waals surface area contributed by atoms with Gasteiger partial charge in [0.1, 0.15) is 0 Å². The monoisotopic (exact) mass is 359 g/mol. The average Bonchev–Trinajstić information content (AvgIpc) is 2.64. The lowest BCUT2D eigenvalue weighted by atomic mass is 10.0. The molecule has 5 heteroatoms. The maximum atomic E-state index is 4.35. The first-order chi connectivity index (χ1) is 12.5. The van der Waals surface area contributed by atoms with E-state index in [2.05, 4.69) is 77.6 Å². The Hall–Kier alpha value is -1.59. The van der Waals surface area contributed by atoms with Gasteiger partial charge in [-0.15, -0.1) is 0 Å². The van der Waals surface area contributed by atoms with Crippen LogP contribution in [0.2, 0.25) is 0 Å². The molecule has 5 nitrogen and oxygen atoms in total. The molecule has 26 heavy (non-hydrogen) atoms. The average molecular weight is 360 g/mol. The van der Waals surface area contributed by atoms with Crippen LogP contribution in [0.15, 0.2) is 29.3 Å². The van der Waals surface area contributed by atoms with Crippen molar-refractivity contribution in [1.29, 1.82) is 0 Å². The Morgan fingerprint density at radius 2 is 1.88 bits per heavy atom. The summed E-state index contributed by atoms with van der Waals surface area (Å²) in [6.07, 6.45) is 2.20. The van der Waals surface area contributed by atoms with E-state index in [-0.39, 0.29) is 0 Å². The Labute approximate surface area is 159 Å². The molecule has 0 saturated carbocycles. The van der Waals surface area contributed by atoms with Crippen molar-refractivity contribution in [2.75, 3.05) is 53.9 Å². The number of likely N-dealkylation sites (N-methyl/N-ethyl adjacent to an activating group) is 2. The van der Waals surface area contributed by atoms with Crippen molar-refractivity contribution >= 4 is 5.96 Å². The molecule has 1 heterocycles. The molecular weight excluding hydrogens is 322 g/mol. The van der Waals surface area contributed by atoms with E-state index in [1.165, 1.54) is 11.1 Å². The molecule has 1 aromatic rings. The lowest BCUT2D eigenvalue weighted by molar-refractivity contribution is 0.116. The zero-order chi connectivity index (χ0) is 18.9. The number of aryl methyl sites for hydroxylation is 1. The number of nitrogens with one attached hydrogen (secondary N) is 2. The molecular formula is C21H37N5. The standard InChI is InChI=1S/C21H37N5/c1-17(2)19-10-8-18(9-11-19)7-6-12-23-21(22-3)24-15-20-16-25(4)13-14-26(20)5/h8-11,17,20H,6-7,12-16H2,1-5H3,(H2,22,23,24). The molecule has 1 unspecified atom stereocenters. The van der Waals surface area contributed by atoms with Gasteiger partial charge >= 0.3 is 0 Å². The van der Waals surface area contributed by atoms with E-state index in [0.29, 0.717) is 12.0 Å². The highest BCUT2D eigenvalue weighted by molar-refractivity contribution is 5.79. The first kappa shape index (κ1) is 20.7. The van der Waals surface area contributed by atoms with Gasteiger partial charge in [-0.05, 0) is 44.0 Å². The highest BCUT2D eigenvalue weighted by atomic mass is 15.3. The predicted octanol–water partition coefficient (Wildman–Crippen LogP) is 2.15. The van der Waals surface area contributed by atoms with Crippen LogP contribution in [-0.2, 0) is 6.42 Å². The van der Waals surface area contributed by atoms with Crippen LogP contribution in [0.25, 0.3) is 0 Å². The minimum absolute atomic E-state index is 0.534. The summed E-state index contributed by atoms with van der Waals surface area (Å²) in [7, 11) is 6.25. The number of piperazine rings is 1. The number of aliphatic imine (C=N–C) groups is 1. The summed E-state index contributed by atoms with van der Waals surface area (Å²) < 4.78 is 0. The van der Waals surface area contributed by atoms with Crippen LogP contribution in [0, 0.1) is 0 Å². The Morgan fingerprint density at radius 3 is 2.54 bits per heavy atom. The van der Waals surface area contributed by atoms with Gasteiger partial charge in [-0.1, -0.05) is 38.1 Å². The molecule has 2 rings (SSSR count). The number of rotatable bonds is 7. The summed E-state index contributed by atoms with van der Waals surface area (Å²) in [6, 6.07) is 9.57. The molecule has 0 spiro atoms. The van der Waals surface area contributed by atoms with Crippen LogP contribution < -0.4 is 10.6 Å². The minimum Gasteiger partial charge on any atom is -0.356 e. The fourth-order valence-electron chi connectivity index (χ4n) is 3.33. The zero-order valence-electron chi connectivity index (χ0n) is 17.3. The Balaban J connectivity index is 1.67. The van der Waals surface area contributed by atoms with Crippen molar-refractivity contribution in [3.8, 4) is 0 Å². The maximum Gasteiger partial charge on any atom is 0.191 e. The molecule has 146 valence electrons. The normalized spacial score (nSPS) is 19.8. The summed E-state index contributed by atoms with van der Waals surface area (Å²) >= 11 is 0. The summed E-state index contributed by atoms with van der Waals surface area (Å²) in [6.45, 7) is 9.72. The van der Waals surface area contributed by atoms with Gasteiger partial charge < -0.3 is 15.5 Å². The van der Waals surface area contributed by atoms with Crippen LogP contribution >= 0.6 is 0 Å². The maximum absolute atomic E-state index is 4.35. The highest BCUT2D eigenvalue weighted by Crippen LogP contribution is 2.15. The summed E-state index contributed by atoms with van der Waals surface area (Å²) in [4.78, 5) is 9.18. The second-order valence-corrected chi connectivity index (χ2v) is 7.78. The van der Waals surface area contributed by atoms with Crippen molar-refractivity contribution in [3.05, 3.63) is 35.4 Å². The number of nitrogens with zero attached hydrogens (tertiary/aromatic N) is 3. The van der Waals surface area contributed by atoms with E-state index < -0.39 is 0 Å². The van der Waals surface area contributed by atoms with E-state index >= 15 is 0 Å². The molecule has 1 fully saturated rings. The van der Waals surface area contributed by atoms with Crippen LogP contribution in [-0.4, -0.2) is 75.7 Å². The Kier molecular flexibility index (Phi) is 8.39. The van der Waals surface area contributed by atoms with Crippen molar-refractivity contribution in [1.82, 2.24) is 20.4 Å². The lowest BCUT2D eigenvalue weighted by Gasteiger charge is -2.37. The van der Waals surface area contributed by atoms with E-state index in [1.54, 1.807) is 0 Å². The second kappa shape index (κ2) is 10.5.